The quantitative estimate of drug-likeness (QED) is 0.467. The minimum absolute atomic E-state index is 0.00421. The van der Waals surface area contributed by atoms with E-state index in [9.17, 15) is 18.7 Å². The van der Waals surface area contributed by atoms with Gasteiger partial charge in [0.15, 0.2) is 5.78 Å². The molecule has 4 aliphatic rings. The van der Waals surface area contributed by atoms with E-state index in [-0.39, 0.29) is 22.9 Å². The summed E-state index contributed by atoms with van der Waals surface area (Å²) in [5.74, 6) is 2.78. The first-order chi connectivity index (χ1) is 15.8. The number of aliphatic hydroxyl groups is 1. The minimum atomic E-state index is -3.24. The van der Waals surface area contributed by atoms with E-state index < -0.39 is 11.7 Å². The van der Waals surface area contributed by atoms with Crippen molar-refractivity contribution in [2.75, 3.05) is 0 Å². The Morgan fingerprint density at radius 3 is 2.29 bits per heavy atom. The SMILES string of the molecule is CC(F)(F)Oc1ccc(C(=O)[C@H]2CC[C@H]3[C@@H]4CC[C@@H]5C[C@](C)(O)CC[C@]5(C)[C@H]4CC[C@]23C)cc1. The number of ether oxygens (including phenoxy) is 1. The maximum absolute atomic E-state index is 13.6. The Hall–Kier alpha value is -1.49. The maximum atomic E-state index is 13.6. The fraction of sp³-hybridized carbons (Fsp3) is 0.759. The first-order valence-corrected chi connectivity index (χ1v) is 13.3. The Morgan fingerprint density at radius 1 is 0.941 bits per heavy atom. The van der Waals surface area contributed by atoms with Crippen LogP contribution in [0.3, 0.4) is 0 Å². The molecule has 0 spiro atoms. The van der Waals surface area contributed by atoms with Gasteiger partial charge in [0.25, 0.3) is 0 Å². The summed E-state index contributed by atoms with van der Waals surface area (Å²) >= 11 is 0. The lowest BCUT2D eigenvalue weighted by atomic mass is 9.44. The van der Waals surface area contributed by atoms with Crippen molar-refractivity contribution in [1.29, 1.82) is 0 Å². The average Bonchev–Trinajstić information content (AvgIpc) is 3.10. The molecule has 0 aliphatic heterocycles. The average molecular weight is 475 g/mol. The van der Waals surface area contributed by atoms with Gasteiger partial charge in [0, 0.05) is 18.4 Å². The molecule has 8 atom stereocenters. The second-order valence-electron chi connectivity index (χ2n) is 12.8. The van der Waals surface area contributed by atoms with Gasteiger partial charge in [-0.3, -0.25) is 4.79 Å². The molecular weight excluding hydrogens is 434 g/mol. The van der Waals surface area contributed by atoms with Crippen molar-refractivity contribution in [2.24, 2.45) is 40.4 Å². The van der Waals surface area contributed by atoms with Gasteiger partial charge in [-0.05, 0) is 123 Å². The van der Waals surface area contributed by atoms with Crippen LogP contribution in [-0.2, 0) is 0 Å². The van der Waals surface area contributed by atoms with Gasteiger partial charge in [-0.2, -0.15) is 8.78 Å². The summed E-state index contributed by atoms with van der Waals surface area (Å²) in [6, 6.07) is 6.25. The summed E-state index contributed by atoms with van der Waals surface area (Å²) in [6.07, 6.45) is 6.41. The number of carbonyl (C=O) groups excluding carboxylic acids is 1. The van der Waals surface area contributed by atoms with Crippen LogP contribution in [0, 0.1) is 40.4 Å². The summed E-state index contributed by atoms with van der Waals surface area (Å²) in [5, 5.41) is 10.7. The molecule has 4 fully saturated rings. The van der Waals surface area contributed by atoms with Gasteiger partial charge < -0.3 is 9.84 Å². The van der Waals surface area contributed by atoms with Crippen LogP contribution in [0.1, 0.15) is 95.8 Å². The maximum Gasteiger partial charge on any atom is 0.394 e. The Morgan fingerprint density at radius 2 is 1.62 bits per heavy atom. The molecule has 5 heteroatoms. The van der Waals surface area contributed by atoms with Gasteiger partial charge >= 0.3 is 6.11 Å². The largest absolute Gasteiger partial charge is 0.433 e. The molecule has 0 saturated heterocycles. The Balaban J connectivity index is 1.33. The van der Waals surface area contributed by atoms with E-state index >= 15 is 0 Å². The Labute approximate surface area is 202 Å². The van der Waals surface area contributed by atoms with E-state index in [1.807, 2.05) is 6.92 Å². The van der Waals surface area contributed by atoms with Gasteiger partial charge in [0.05, 0.1) is 5.60 Å². The second-order valence-corrected chi connectivity index (χ2v) is 12.8. The lowest BCUT2D eigenvalue weighted by Gasteiger charge is -2.61. The van der Waals surface area contributed by atoms with Crippen LogP contribution in [0.25, 0.3) is 0 Å². The number of carbonyl (C=O) groups is 1. The number of alkyl halides is 2. The molecule has 34 heavy (non-hydrogen) atoms. The molecular formula is C29H40F2O3. The predicted molar refractivity (Wildman–Crippen MR) is 128 cm³/mol. The molecule has 1 aromatic rings. The summed E-state index contributed by atoms with van der Waals surface area (Å²) in [5.41, 5.74) is 0.406. The number of fused-ring (bicyclic) bond motifs is 5. The fourth-order valence-electron chi connectivity index (χ4n) is 8.96. The molecule has 0 aromatic heterocycles. The third-order valence-electron chi connectivity index (χ3n) is 10.7. The molecule has 0 unspecified atom stereocenters. The molecule has 5 rings (SSSR count). The number of benzene rings is 1. The molecule has 4 aliphatic carbocycles. The lowest BCUT2D eigenvalue weighted by Crippen LogP contribution is -2.55. The highest BCUT2D eigenvalue weighted by Gasteiger charge is 2.61. The summed E-state index contributed by atoms with van der Waals surface area (Å²) in [7, 11) is 0. The molecule has 0 bridgehead atoms. The minimum Gasteiger partial charge on any atom is -0.433 e. The van der Waals surface area contributed by atoms with E-state index in [1.165, 1.54) is 31.4 Å². The van der Waals surface area contributed by atoms with Crippen molar-refractivity contribution >= 4 is 5.78 Å². The summed E-state index contributed by atoms with van der Waals surface area (Å²) in [4.78, 5) is 13.6. The van der Waals surface area contributed by atoms with Crippen LogP contribution >= 0.6 is 0 Å². The number of rotatable bonds is 4. The second kappa shape index (κ2) is 8.01. The normalized spacial score (nSPS) is 44.0. The third-order valence-corrected chi connectivity index (χ3v) is 10.7. The standard InChI is InChI=1S/C29H40F2O3/c1-26(33)15-16-27(2)19(17-26)7-10-21-22-11-12-24(28(22,3)14-13-23(21)27)25(32)18-5-8-20(9-6-18)34-29(4,30)31/h5-6,8-9,19,21-24,33H,7,10-17H2,1-4H3/t19-,21+,22+,23+,24-,26-,27+,28+/m1/s1. The monoisotopic (exact) mass is 474 g/mol. The van der Waals surface area contributed by atoms with Crippen molar-refractivity contribution in [3.63, 3.8) is 0 Å². The molecule has 0 heterocycles. The van der Waals surface area contributed by atoms with E-state index in [4.69, 9.17) is 0 Å². The van der Waals surface area contributed by atoms with Crippen LogP contribution in [-0.4, -0.2) is 22.6 Å². The number of ketones is 1. The Bertz CT molecular complexity index is 936. The van der Waals surface area contributed by atoms with E-state index in [0.717, 1.165) is 38.5 Å². The number of Topliss-reactive ketones (excluding diaryl/α,β-unsaturated/α-hetero) is 1. The summed E-state index contributed by atoms with van der Waals surface area (Å²) in [6.45, 7) is 7.56. The zero-order valence-corrected chi connectivity index (χ0v) is 21.1. The highest BCUT2D eigenvalue weighted by molar-refractivity contribution is 5.98. The predicted octanol–water partition coefficient (Wildman–Crippen LogP) is 7.27. The van der Waals surface area contributed by atoms with Crippen molar-refractivity contribution in [3.05, 3.63) is 29.8 Å². The van der Waals surface area contributed by atoms with Crippen molar-refractivity contribution < 1.29 is 23.4 Å². The van der Waals surface area contributed by atoms with E-state index in [0.29, 0.717) is 41.6 Å². The molecule has 0 radical (unpaired) electrons. The fourth-order valence-corrected chi connectivity index (χ4v) is 8.96. The highest BCUT2D eigenvalue weighted by atomic mass is 19.3. The molecule has 0 amide bonds. The van der Waals surface area contributed by atoms with Crippen molar-refractivity contribution in [2.45, 2.75) is 97.2 Å². The van der Waals surface area contributed by atoms with E-state index in [2.05, 4.69) is 18.6 Å². The molecule has 4 saturated carbocycles. The van der Waals surface area contributed by atoms with Crippen LogP contribution in [0.4, 0.5) is 8.78 Å². The van der Waals surface area contributed by atoms with Gasteiger partial charge in [0.1, 0.15) is 5.75 Å². The molecule has 1 aromatic carbocycles. The topological polar surface area (TPSA) is 46.5 Å². The van der Waals surface area contributed by atoms with Crippen molar-refractivity contribution in [3.8, 4) is 5.75 Å². The number of hydrogen-bond acceptors (Lipinski definition) is 3. The number of halogens is 2. The van der Waals surface area contributed by atoms with Crippen molar-refractivity contribution in [1.82, 2.24) is 0 Å². The zero-order valence-electron chi connectivity index (χ0n) is 21.1. The van der Waals surface area contributed by atoms with Gasteiger partial charge in [-0.1, -0.05) is 13.8 Å². The van der Waals surface area contributed by atoms with Crippen LogP contribution < -0.4 is 4.74 Å². The highest BCUT2D eigenvalue weighted by Crippen LogP contribution is 2.68. The van der Waals surface area contributed by atoms with Crippen LogP contribution in [0.2, 0.25) is 0 Å². The number of hydrogen-bond donors (Lipinski definition) is 1. The third kappa shape index (κ3) is 4.00. The molecule has 1 N–H and O–H groups in total. The smallest absolute Gasteiger partial charge is 0.394 e. The van der Waals surface area contributed by atoms with Crippen LogP contribution in [0.5, 0.6) is 5.75 Å². The van der Waals surface area contributed by atoms with Crippen LogP contribution in [0.15, 0.2) is 24.3 Å². The Kier molecular flexibility index (Phi) is 5.71. The van der Waals surface area contributed by atoms with E-state index in [1.54, 1.807) is 12.1 Å². The molecule has 188 valence electrons. The lowest BCUT2D eigenvalue weighted by molar-refractivity contribution is -0.158. The zero-order chi connectivity index (χ0) is 24.5. The summed E-state index contributed by atoms with van der Waals surface area (Å²) < 4.78 is 30.9. The van der Waals surface area contributed by atoms with Gasteiger partial charge in [-0.25, -0.2) is 0 Å². The molecule has 3 nitrogen and oxygen atoms in total. The van der Waals surface area contributed by atoms with Gasteiger partial charge in [-0.15, -0.1) is 0 Å². The first-order valence-electron chi connectivity index (χ1n) is 13.3. The first kappa shape index (κ1) is 24.2. The van der Waals surface area contributed by atoms with Gasteiger partial charge in [0.2, 0.25) is 0 Å².